The van der Waals surface area contributed by atoms with E-state index in [-0.39, 0.29) is 26.3 Å². The van der Waals surface area contributed by atoms with Crippen LogP contribution in [-0.4, -0.2) is 42.3 Å². The van der Waals surface area contributed by atoms with Crippen molar-refractivity contribution in [2.24, 2.45) is 5.92 Å². The molecule has 0 amide bonds. The van der Waals surface area contributed by atoms with Gasteiger partial charge < -0.3 is 15.0 Å². The van der Waals surface area contributed by atoms with E-state index in [1.54, 1.807) is 24.3 Å². The predicted molar refractivity (Wildman–Crippen MR) is 106 cm³/mol. The van der Waals surface area contributed by atoms with Crippen molar-refractivity contribution < 1.29 is 28.2 Å². The molecular weight excluding hydrogens is 408 g/mol. The summed E-state index contributed by atoms with van der Waals surface area (Å²) in [6.07, 6.45) is -0.00925. The van der Waals surface area contributed by atoms with E-state index in [0.717, 1.165) is 0 Å². The lowest BCUT2D eigenvalue weighted by Crippen LogP contribution is -2.15. The van der Waals surface area contributed by atoms with Gasteiger partial charge in [-0.1, -0.05) is 24.3 Å². The van der Waals surface area contributed by atoms with E-state index in [1.165, 1.54) is 30.3 Å². The first-order valence-corrected chi connectivity index (χ1v) is 10.3. The summed E-state index contributed by atoms with van der Waals surface area (Å²) in [5, 5.41) is 29.1. The van der Waals surface area contributed by atoms with Gasteiger partial charge in [0, 0.05) is 17.7 Å². The molecule has 3 rings (SSSR count). The van der Waals surface area contributed by atoms with Gasteiger partial charge in [-0.05, 0) is 24.3 Å². The zero-order valence-corrected chi connectivity index (χ0v) is 16.3. The summed E-state index contributed by atoms with van der Waals surface area (Å²) in [4.78, 5) is 27.4. The number of nitrogens with zero attached hydrogens (tertiary/aromatic N) is 2. The number of Topliss-reactive ketones (excluding diaryl/α,β-unsaturated/α-hetero) is 1. The summed E-state index contributed by atoms with van der Waals surface area (Å²) in [6, 6.07) is 13.4. The number of aromatic nitrogens is 1. The predicted octanol–water partition coefficient (Wildman–Crippen LogP) is 2.03. The lowest BCUT2D eigenvalue weighted by atomic mass is 10.00. The second kappa shape index (κ2) is 8.41. The number of aromatic hydroxyl groups is 1. The summed E-state index contributed by atoms with van der Waals surface area (Å²) in [7, 11) is -3.87. The zero-order valence-electron chi connectivity index (χ0n) is 15.5. The van der Waals surface area contributed by atoms with E-state index in [0.29, 0.717) is 6.29 Å². The molecule has 0 spiro atoms. The number of carbonyl (C=O) groups excluding carboxylic acids is 2. The van der Waals surface area contributed by atoms with E-state index in [4.69, 9.17) is 5.11 Å². The fraction of sp³-hybridized carbons (Fsp3) is 0.143. The summed E-state index contributed by atoms with van der Waals surface area (Å²) in [6.45, 7) is -0.561. The minimum atomic E-state index is -3.87. The van der Waals surface area contributed by atoms with Crippen LogP contribution in [0.5, 0.6) is 5.75 Å². The number of sulfone groups is 1. The Morgan fingerprint density at radius 3 is 2.47 bits per heavy atom. The van der Waals surface area contributed by atoms with Gasteiger partial charge in [0.2, 0.25) is 9.84 Å². The number of aliphatic hydroxyl groups is 1. The highest BCUT2D eigenvalue weighted by Gasteiger charge is 2.24. The summed E-state index contributed by atoms with van der Waals surface area (Å²) in [5.41, 5.74) is -0.677. The number of aliphatic hydroxyl groups excluding tert-OH is 1. The minimum absolute atomic E-state index is 0.0244. The maximum atomic E-state index is 12.9. The minimum Gasteiger partial charge on any atom is -0.504 e. The Kier molecular flexibility index (Phi) is 5.91. The lowest BCUT2D eigenvalue weighted by Gasteiger charge is -2.11. The Bertz CT molecular complexity index is 1280. The van der Waals surface area contributed by atoms with Gasteiger partial charge in [0.15, 0.2) is 11.5 Å². The SMILES string of the molecule is N#Cc1c(O)c(C(=O)CC(C=O)CO)nc2cc(S(=O)(=O)c3ccccc3)ccc12. The van der Waals surface area contributed by atoms with Gasteiger partial charge in [-0.2, -0.15) is 5.26 Å². The average Bonchev–Trinajstić information content (AvgIpc) is 2.77. The summed E-state index contributed by atoms with van der Waals surface area (Å²) >= 11 is 0. The van der Waals surface area contributed by atoms with Crippen LogP contribution < -0.4 is 0 Å². The Labute approximate surface area is 172 Å². The molecule has 3 aromatic rings. The molecule has 0 aliphatic heterocycles. The monoisotopic (exact) mass is 424 g/mol. The van der Waals surface area contributed by atoms with Crippen molar-refractivity contribution in [3.63, 3.8) is 0 Å². The molecule has 8 nitrogen and oxygen atoms in total. The van der Waals surface area contributed by atoms with Crippen molar-refractivity contribution in [3.05, 3.63) is 59.8 Å². The molecule has 1 unspecified atom stereocenters. The molecule has 0 radical (unpaired) electrons. The number of carbonyl (C=O) groups is 2. The van der Waals surface area contributed by atoms with Crippen molar-refractivity contribution in [1.29, 1.82) is 5.26 Å². The van der Waals surface area contributed by atoms with Gasteiger partial charge in [0.05, 0.1) is 21.9 Å². The third kappa shape index (κ3) is 3.78. The molecule has 0 aliphatic carbocycles. The highest BCUT2D eigenvalue weighted by atomic mass is 32.2. The van der Waals surface area contributed by atoms with Crippen LogP contribution in [-0.2, 0) is 14.6 Å². The standard InChI is InChI=1S/C21H16N2O6S/c22-10-17-16-7-6-15(30(28,29)14-4-2-1-3-5-14)9-18(16)23-20(21(17)27)19(26)8-13(11-24)12-25/h1-7,9,11,13,25,27H,8,12H2. The van der Waals surface area contributed by atoms with Gasteiger partial charge >= 0.3 is 0 Å². The first-order valence-electron chi connectivity index (χ1n) is 8.79. The van der Waals surface area contributed by atoms with Crippen LogP contribution in [0.4, 0.5) is 0 Å². The van der Waals surface area contributed by atoms with E-state index in [9.17, 15) is 28.4 Å². The Morgan fingerprint density at radius 1 is 1.17 bits per heavy atom. The average molecular weight is 424 g/mol. The van der Waals surface area contributed by atoms with Gasteiger partial charge in [-0.3, -0.25) is 4.79 Å². The van der Waals surface area contributed by atoms with Crippen molar-refractivity contribution in [1.82, 2.24) is 4.98 Å². The van der Waals surface area contributed by atoms with E-state index >= 15 is 0 Å². The number of aldehydes is 1. The quantitative estimate of drug-likeness (QED) is 0.433. The van der Waals surface area contributed by atoms with E-state index < -0.39 is 46.0 Å². The molecule has 9 heteroatoms. The molecule has 152 valence electrons. The van der Waals surface area contributed by atoms with Crippen LogP contribution in [0.2, 0.25) is 0 Å². The number of fused-ring (bicyclic) bond motifs is 1. The topological polar surface area (TPSA) is 145 Å². The number of rotatable bonds is 7. The molecule has 2 aromatic carbocycles. The van der Waals surface area contributed by atoms with E-state index in [2.05, 4.69) is 4.98 Å². The van der Waals surface area contributed by atoms with Crippen LogP contribution in [0.15, 0.2) is 58.3 Å². The molecule has 1 atom stereocenters. The van der Waals surface area contributed by atoms with E-state index in [1.807, 2.05) is 0 Å². The fourth-order valence-electron chi connectivity index (χ4n) is 2.94. The molecule has 1 aromatic heterocycles. The largest absolute Gasteiger partial charge is 0.504 e. The number of nitriles is 1. The molecule has 1 heterocycles. The van der Waals surface area contributed by atoms with Crippen molar-refractivity contribution in [2.45, 2.75) is 16.2 Å². The third-order valence-corrected chi connectivity index (χ3v) is 6.31. The van der Waals surface area contributed by atoms with Crippen LogP contribution in [0.3, 0.4) is 0 Å². The normalized spacial score (nSPS) is 12.3. The van der Waals surface area contributed by atoms with Gasteiger partial charge in [-0.25, -0.2) is 13.4 Å². The molecular formula is C21H16N2O6S. The first-order chi connectivity index (χ1) is 14.3. The second-order valence-corrected chi connectivity index (χ2v) is 8.45. The second-order valence-electron chi connectivity index (χ2n) is 6.50. The van der Waals surface area contributed by atoms with Crippen molar-refractivity contribution >= 4 is 32.8 Å². The fourth-order valence-corrected chi connectivity index (χ4v) is 4.24. The molecule has 0 saturated heterocycles. The maximum absolute atomic E-state index is 12.9. The summed E-state index contributed by atoms with van der Waals surface area (Å²) in [5.74, 6) is -2.39. The lowest BCUT2D eigenvalue weighted by molar-refractivity contribution is -0.112. The van der Waals surface area contributed by atoms with Crippen LogP contribution >= 0.6 is 0 Å². The highest BCUT2D eigenvalue weighted by Crippen LogP contribution is 2.32. The molecule has 30 heavy (non-hydrogen) atoms. The number of benzene rings is 2. The Hall–Kier alpha value is -3.61. The third-order valence-electron chi connectivity index (χ3n) is 4.55. The number of hydrogen-bond acceptors (Lipinski definition) is 8. The van der Waals surface area contributed by atoms with Crippen molar-refractivity contribution in [3.8, 4) is 11.8 Å². The molecule has 0 saturated carbocycles. The Morgan fingerprint density at radius 2 is 1.87 bits per heavy atom. The van der Waals surface area contributed by atoms with Gasteiger partial charge in [0.1, 0.15) is 23.6 Å². The zero-order chi connectivity index (χ0) is 21.9. The van der Waals surface area contributed by atoms with Crippen molar-refractivity contribution in [2.75, 3.05) is 6.61 Å². The first kappa shape index (κ1) is 21.1. The van der Waals surface area contributed by atoms with Gasteiger partial charge in [-0.15, -0.1) is 0 Å². The number of hydrogen-bond donors (Lipinski definition) is 2. The van der Waals surface area contributed by atoms with Crippen LogP contribution in [0, 0.1) is 17.2 Å². The Balaban J connectivity index is 2.18. The molecule has 2 N–H and O–H groups in total. The number of pyridine rings is 1. The number of ketones is 1. The summed E-state index contributed by atoms with van der Waals surface area (Å²) < 4.78 is 25.7. The molecule has 0 aliphatic rings. The molecule has 0 fully saturated rings. The molecule has 0 bridgehead atoms. The smallest absolute Gasteiger partial charge is 0.206 e. The van der Waals surface area contributed by atoms with Crippen LogP contribution in [0.25, 0.3) is 10.9 Å². The maximum Gasteiger partial charge on any atom is 0.206 e. The van der Waals surface area contributed by atoms with Gasteiger partial charge in [0.25, 0.3) is 0 Å². The van der Waals surface area contributed by atoms with Crippen LogP contribution in [0.1, 0.15) is 22.5 Å². The highest BCUT2D eigenvalue weighted by molar-refractivity contribution is 7.91.